The minimum Gasteiger partial charge on any atom is -0.323 e. The van der Waals surface area contributed by atoms with E-state index in [1.807, 2.05) is 70.5 Å². The quantitative estimate of drug-likeness (QED) is 0.650. The third-order valence-electron chi connectivity index (χ3n) is 5.82. The van der Waals surface area contributed by atoms with Crippen LogP contribution >= 0.6 is 0 Å². The second-order valence-electron chi connectivity index (χ2n) is 7.96. The predicted molar refractivity (Wildman–Crippen MR) is 119 cm³/mol. The van der Waals surface area contributed by atoms with Crippen LogP contribution in [0, 0.1) is 0 Å². The normalized spacial score (nSPS) is 16.8. The van der Waals surface area contributed by atoms with Crippen LogP contribution in [-0.2, 0) is 0 Å². The molecule has 0 aliphatic carbocycles. The van der Waals surface area contributed by atoms with Gasteiger partial charge in [0.15, 0.2) is 0 Å². The lowest BCUT2D eigenvalue weighted by Crippen LogP contribution is -2.59. The minimum absolute atomic E-state index is 0.143. The molecule has 0 atom stereocenters. The number of hydrogen-bond donors (Lipinski definition) is 0. The highest BCUT2D eigenvalue weighted by Crippen LogP contribution is 2.27. The van der Waals surface area contributed by atoms with E-state index in [1.54, 1.807) is 10.0 Å². The Morgan fingerprint density at radius 1 is 0.533 bits per heavy atom. The number of amides is 4. The summed E-state index contributed by atoms with van der Waals surface area (Å²) in [5.41, 5.74) is 1.39. The van der Waals surface area contributed by atoms with Gasteiger partial charge in [-0.3, -0.25) is 0 Å². The molecule has 30 heavy (non-hydrogen) atoms. The Morgan fingerprint density at radius 3 is 1.20 bits per heavy atom. The fraction of sp³-hybridized carbons (Fsp3) is 0.417. The third-order valence-corrected chi connectivity index (χ3v) is 5.82. The standard InChI is InChI=1S/C24H30N4O2/c29-23(25-17-9-3-10-18-25)27(21-13-5-1-6-14-21)28(22-15-7-2-8-16-22)24(30)26-19-11-4-12-20-26/h1-2,5-8,13-16H,3-4,9-12,17-20H2. The first-order valence-electron chi connectivity index (χ1n) is 11.0. The highest BCUT2D eigenvalue weighted by Gasteiger charge is 2.35. The van der Waals surface area contributed by atoms with Crippen LogP contribution < -0.4 is 10.0 Å². The molecule has 4 rings (SSSR count). The van der Waals surface area contributed by atoms with Crippen LogP contribution in [0.2, 0.25) is 0 Å². The molecule has 2 fully saturated rings. The van der Waals surface area contributed by atoms with E-state index >= 15 is 0 Å². The lowest BCUT2D eigenvalue weighted by Gasteiger charge is -2.41. The van der Waals surface area contributed by atoms with Crippen molar-refractivity contribution in [3.63, 3.8) is 0 Å². The van der Waals surface area contributed by atoms with Crippen LogP contribution in [-0.4, -0.2) is 48.0 Å². The van der Waals surface area contributed by atoms with Crippen molar-refractivity contribution in [2.45, 2.75) is 38.5 Å². The first-order chi connectivity index (χ1) is 14.8. The molecule has 2 saturated heterocycles. The zero-order valence-corrected chi connectivity index (χ0v) is 17.4. The first kappa shape index (κ1) is 20.3. The average Bonchev–Trinajstić information content (AvgIpc) is 2.84. The SMILES string of the molecule is O=C(N1CCCCC1)N(c1ccccc1)N(C(=O)N1CCCCC1)c1ccccc1. The molecule has 0 bridgehead atoms. The molecule has 0 N–H and O–H groups in total. The second kappa shape index (κ2) is 9.65. The van der Waals surface area contributed by atoms with Gasteiger partial charge in [0.25, 0.3) is 0 Å². The smallest absolute Gasteiger partial charge is 0.323 e. The maximum absolute atomic E-state index is 13.7. The van der Waals surface area contributed by atoms with Crippen molar-refractivity contribution < 1.29 is 9.59 Å². The summed E-state index contributed by atoms with van der Waals surface area (Å²) in [5, 5.41) is 3.13. The molecule has 2 aromatic carbocycles. The van der Waals surface area contributed by atoms with Crippen LogP contribution in [0.4, 0.5) is 21.0 Å². The van der Waals surface area contributed by atoms with Crippen molar-refractivity contribution in [1.29, 1.82) is 0 Å². The van der Waals surface area contributed by atoms with E-state index < -0.39 is 0 Å². The summed E-state index contributed by atoms with van der Waals surface area (Å²) in [4.78, 5) is 31.2. The maximum atomic E-state index is 13.7. The molecule has 2 heterocycles. The van der Waals surface area contributed by atoms with Gasteiger partial charge in [0.2, 0.25) is 0 Å². The monoisotopic (exact) mass is 406 g/mol. The van der Waals surface area contributed by atoms with Crippen LogP contribution in [0.25, 0.3) is 0 Å². The van der Waals surface area contributed by atoms with Gasteiger partial charge in [-0.25, -0.2) is 9.59 Å². The Labute approximate surface area is 178 Å². The van der Waals surface area contributed by atoms with Gasteiger partial charge < -0.3 is 9.80 Å². The number of hydrogen-bond acceptors (Lipinski definition) is 2. The van der Waals surface area contributed by atoms with Crippen LogP contribution in [0.1, 0.15) is 38.5 Å². The number of piperidine rings is 2. The molecule has 0 saturated carbocycles. The number of anilines is 2. The number of hydrazine groups is 1. The summed E-state index contributed by atoms with van der Waals surface area (Å²) in [7, 11) is 0. The Morgan fingerprint density at radius 2 is 0.867 bits per heavy atom. The molecule has 6 nitrogen and oxygen atoms in total. The van der Waals surface area contributed by atoms with Crippen molar-refractivity contribution in [2.24, 2.45) is 0 Å². The summed E-state index contributed by atoms with van der Waals surface area (Å²) < 4.78 is 0. The maximum Gasteiger partial charge on any atom is 0.344 e. The Balaban J connectivity index is 1.75. The molecule has 0 unspecified atom stereocenters. The van der Waals surface area contributed by atoms with Gasteiger partial charge >= 0.3 is 12.1 Å². The summed E-state index contributed by atoms with van der Waals surface area (Å²) in [6, 6.07) is 18.7. The largest absolute Gasteiger partial charge is 0.344 e. The molecule has 0 aromatic heterocycles. The van der Waals surface area contributed by atoms with E-state index in [9.17, 15) is 9.59 Å². The number of rotatable bonds is 2. The van der Waals surface area contributed by atoms with Gasteiger partial charge in [-0.1, -0.05) is 36.4 Å². The number of urea groups is 2. The Kier molecular flexibility index (Phi) is 6.52. The number of benzene rings is 2. The topological polar surface area (TPSA) is 47.1 Å². The zero-order chi connectivity index (χ0) is 20.8. The average molecular weight is 407 g/mol. The summed E-state index contributed by atoms with van der Waals surface area (Å²) in [6.45, 7) is 2.90. The first-order valence-corrected chi connectivity index (χ1v) is 11.0. The van der Waals surface area contributed by atoms with Gasteiger partial charge in [0, 0.05) is 26.2 Å². The van der Waals surface area contributed by atoms with Crippen LogP contribution in [0.3, 0.4) is 0 Å². The van der Waals surface area contributed by atoms with Gasteiger partial charge in [0.05, 0.1) is 11.4 Å². The summed E-state index contributed by atoms with van der Waals surface area (Å²) in [6.07, 6.45) is 6.29. The van der Waals surface area contributed by atoms with Gasteiger partial charge in [-0.2, -0.15) is 10.0 Å². The number of para-hydroxylation sites is 2. The van der Waals surface area contributed by atoms with E-state index in [4.69, 9.17) is 0 Å². The molecule has 2 aromatic rings. The highest BCUT2D eigenvalue weighted by molar-refractivity contribution is 6.05. The Bertz CT molecular complexity index is 759. The van der Waals surface area contributed by atoms with Crippen molar-refractivity contribution in [2.75, 3.05) is 36.2 Å². The number of nitrogens with zero attached hydrogens (tertiary/aromatic N) is 4. The number of carbonyl (C=O) groups excluding carboxylic acids is 2. The van der Waals surface area contributed by atoms with Crippen molar-refractivity contribution in [3.8, 4) is 0 Å². The van der Waals surface area contributed by atoms with E-state index in [1.165, 1.54) is 0 Å². The van der Waals surface area contributed by atoms with E-state index in [0.29, 0.717) is 11.4 Å². The van der Waals surface area contributed by atoms with Crippen molar-refractivity contribution in [1.82, 2.24) is 9.80 Å². The van der Waals surface area contributed by atoms with E-state index in [-0.39, 0.29) is 12.1 Å². The third kappa shape index (κ3) is 4.42. The molecule has 158 valence electrons. The van der Waals surface area contributed by atoms with E-state index in [0.717, 1.165) is 64.7 Å². The fourth-order valence-electron chi connectivity index (χ4n) is 4.20. The lowest BCUT2D eigenvalue weighted by atomic mass is 10.1. The van der Waals surface area contributed by atoms with Crippen molar-refractivity contribution >= 4 is 23.4 Å². The molecule has 0 radical (unpaired) electrons. The van der Waals surface area contributed by atoms with Crippen LogP contribution in [0.15, 0.2) is 60.7 Å². The molecule has 4 amide bonds. The zero-order valence-electron chi connectivity index (χ0n) is 17.4. The molecular formula is C24H30N4O2. The molecular weight excluding hydrogens is 376 g/mol. The number of carbonyl (C=O) groups is 2. The second-order valence-corrected chi connectivity index (χ2v) is 7.96. The molecule has 0 spiro atoms. The summed E-state index contributed by atoms with van der Waals surface area (Å²) >= 11 is 0. The minimum atomic E-state index is -0.143. The molecule has 2 aliphatic heterocycles. The van der Waals surface area contributed by atoms with Gasteiger partial charge in [0.1, 0.15) is 0 Å². The van der Waals surface area contributed by atoms with Gasteiger partial charge in [-0.15, -0.1) is 0 Å². The number of likely N-dealkylation sites (tertiary alicyclic amines) is 2. The van der Waals surface area contributed by atoms with Crippen LogP contribution in [0.5, 0.6) is 0 Å². The Hall–Kier alpha value is -3.02. The van der Waals surface area contributed by atoms with E-state index in [2.05, 4.69) is 0 Å². The predicted octanol–water partition coefficient (Wildman–Crippen LogP) is 5.13. The molecule has 2 aliphatic rings. The summed E-state index contributed by atoms with van der Waals surface area (Å²) in [5.74, 6) is 0. The van der Waals surface area contributed by atoms with Crippen molar-refractivity contribution in [3.05, 3.63) is 60.7 Å². The molecule has 6 heteroatoms. The van der Waals surface area contributed by atoms with Gasteiger partial charge in [-0.05, 0) is 62.8 Å². The highest BCUT2D eigenvalue weighted by atomic mass is 16.2. The fourth-order valence-corrected chi connectivity index (χ4v) is 4.20. The lowest BCUT2D eigenvalue weighted by molar-refractivity contribution is 0.182.